The van der Waals surface area contributed by atoms with Gasteiger partial charge in [-0.2, -0.15) is 0 Å². The predicted octanol–water partition coefficient (Wildman–Crippen LogP) is 0.0535. The van der Waals surface area contributed by atoms with Gasteiger partial charge in [-0.25, -0.2) is 0 Å². The molecule has 0 unspecified atom stereocenters. The molecule has 0 spiro atoms. The third kappa shape index (κ3) is 4.06. The van der Waals surface area contributed by atoms with Crippen LogP contribution in [-0.4, -0.2) is 38.0 Å². The molecule has 2 amide bonds. The number of amides is 2. The summed E-state index contributed by atoms with van der Waals surface area (Å²) in [5.41, 5.74) is 1.25. The van der Waals surface area contributed by atoms with Crippen molar-refractivity contribution >= 4 is 17.5 Å². The number of nitrogens with one attached hydrogen (secondary N) is 3. The highest BCUT2D eigenvalue weighted by atomic mass is 16.2. The Morgan fingerprint density at radius 2 is 2.00 bits per heavy atom. The fraction of sp³-hybridized carbons (Fsp3) is 0.467. The van der Waals surface area contributed by atoms with Crippen molar-refractivity contribution in [1.29, 1.82) is 0 Å². The van der Waals surface area contributed by atoms with Gasteiger partial charge in [-0.05, 0) is 25.1 Å². The minimum absolute atomic E-state index is 0.00921. The standard InChI is InChI=1S/C15H21N3O2/c1-2-16-15(20)12-6-5-7-13(10-12)17-14(19)11-18-8-3-4-9-18/h5-7,10H,2-4,8-9,11H2,1H3,(H,16,20)(H,17,19)/p+1. The summed E-state index contributed by atoms with van der Waals surface area (Å²) < 4.78 is 0. The van der Waals surface area contributed by atoms with E-state index >= 15 is 0 Å². The van der Waals surface area contributed by atoms with Gasteiger partial charge in [0.1, 0.15) is 0 Å². The lowest BCUT2D eigenvalue weighted by Gasteiger charge is -2.12. The summed E-state index contributed by atoms with van der Waals surface area (Å²) in [5, 5.41) is 5.61. The van der Waals surface area contributed by atoms with E-state index in [4.69, 9.17) is 0 Å². The van der Waals surface area contributed by atoms with Gasteiger partial charge in [0, 0.05) is 30.6 Å². The first-order chi connectivity index (χ1) is 9.69. The first-order valence-electron chi connectivity index (χ1n) is 7.20. The topological polar surface area (TPSA) is 62.6 Å². The number of hydrogen-bond acceptors (Lipinski definition) is 2. The van der Waals surface area contributed by atoms with E-state index in [0.717, 1.165) is 13.1 Å². The summed E-state index contributed by atoms with van der Waals surface area (Å²) in [6, 6.07) is 7.04. The van der Waals surface area contributed by atoms with Crippen molar-refractivity contribution in [2.24, 2.45) is 0 Å². The quantitative estimate of drug-likeness (QED) is 0.712. The number of anilines is 1. The molecule has 20 heavy (non-hydrogen) atoms. The predicted molar refractivity (Wildman–Crippen MR) is 77.9 cm³/mol. The van der Waals surface area contributed by atoms with Gasteiger partial charge >= 0.3 is 0 Å². The second kappa shape index (κ2) is 7.05. The molecule has 1 aliphatic rings. The van der Waals surface area contributed by atoms with Crippen LogP contribution in [0.5, 0.6) is 0 Å². The van der Waals surface area contributed by atoms with Crippen LogP contribution in [0.25, 0.3) is 0 Å². The number of rotatable bonds is 5. The van der Waals surface area contributed by atoms with Gasteiger partial charge in [0.15, 0.2) is 6.54 Å². The molecular weight excluding hydrogens is 254 g/mol. The van der Waals surface area contributed by atoms with Crippen molar-refractivity contribution in [2.45, 2.75) is 19.8 Å². The molecule has 1 saturated heterocycles. The van der Waals surface area contributed by atoms with Crippen molar-refractivity contribution in [3.63, 3.8) is 0 Å². The third-order valence-corrected chi connectivity index (χ3v) is 3.47. The zero-order chi connectivity index (χ0) is 14.4. The second-order valence-corrected chi connectivity index (χ2v) is 5.12. The zero-order valence-corrected chi connectivity index (χ0v) is 11.9. The first kappa shape index (κ1) is 14.5. The molecule has 1 fully saturated rings. The average molecular weight is 276 g/mol. The maximum absolute atomic E-state index is 11.9. The third-order valence-electron chi connectivity index (χ3n) is 3.47. The van der Waals surface area contributed by atoms with E-state index in [1.54, 1.807) is 24.3 Å². The maximum atomic E-state index is 11.9. The van der Waals surface area contributed by atoms with Crippen LogP contribution in [-0.2, 0) is 4.79 Å². The highest BCUT2D eigenvalue weighted by Crippen LogP contribution is 2.10. The number of carbonyl (C=O) groups is 2. The van der Waals surface area contributed by atoms with Crippen molar-refractivity contribution in [2.75, 3.05) is 31.5 Å². The number of benzene rings is 1. The lowest BCUT2D eigenvalue weighted by molar-refractivity contribution is -0.878. The van der Waals surface area contributed by atoms with Crippen LogP contribution in [0.4, 0.5) is 5.69 Å². The van der Waals surface area contributed by atoms with Gasteiger partial charge in [0.2, 0.25) is 0 Å². The zero-order valence-electron chi connectivity index (χ0n) is 11.9. The summed E-state index contributed by atoms with van der Waals surface area (Å²) in [4.78, 5) is 25.0. The highest BCUT2D eigenvalue weighted by Gasteiger charge is 2.18. The van der Waals surface area contributed by atoms with E-state index < -0.39 is 0 Å². The van der Waals surface area contributed by atoms with Crippen LogP contribution in [0, 0.1) is 0 Å². The number of hydrogen-bond donors (Lipinski definition) is 3. The van der Waals surface area contributed by atoms with Crippen molar-refractivity contribution in [3.8, 4) is 0 Å². The summed E-state index contributed by atoms with van der Waals surface area (Å²) in [6.07, 6.45) is 2.41. The number of likely N-dealkylation sites (tertiary alicyclic amines) is 1. The average Bonchev–Trinajstić information content (AvgIpc) is 2.92. The van der Waals surface area contributed by atoms with Gasteiger partial charge < -0.3 is 15.5 Å². The van der Waals surface area contributed by atoms with Gasteiger partial charge in [-0.1, -0.05) is 6.07 Å². The van der Waals surface area contributed by atoms with E-state index in [-0.39, 0.29) is 11.8 Å². The van der Waals surface area contributed by atoms with Gasteiger partial charge in [-0.3, -0.25) is 9.59 Å². The SMILES string of the molecule is CCNC(=O)c1cccc(NC(=O)C[NH+]2CCCC2)c1. The van der Waals surface area contributed by atoms with E-state index in [0.29, 0.717) is 24.3 Å². The minimum Gasteiger partial charge on any atom is -0.352 e. The van der Waals surface area contributed by atoms with Crippen LogP contribution in [0.3, 0.4) is 0 Å². The monoisotopic (exact) mass is 276 g/mol. The number of quaternary nitrogens is 1. The fourth-order valence-corrected chi connectivity index (χ4v) is 2.48. The van der Waals surface area contributed by atoms with Crippen LogP contribution < -0.4 is 15.5 Å². The molecule has 2 rings (SSSR count). The summed E-state index contributed by atoms with van der Waals surface area (Å²) in [5.74, 6) is -0.108. The summed E-state index contributed by atoms with van der Waals surface area (Å²) in [6.45, 7) is 5.13. The van der Waals surface area contributed by atoms with Crippen molar-refractivity contribution in [3.05, 3.63) is 29.8 Å². The molecular formula is C15H22N3O2+. The summed E-state index contributed by atoms with van der Waals surface area (Å²) >= 11 is 0. The normalized spacial score (nSPS) is 15.1. The van der Waals surface area contributed by atoms with Crippen LogP contribution in [0.2, 0.25) is 0 Å². The Morgan fingerprint density at radius 1 is 1.25 bits per heavy atom. The van der Waals surface area contributed by atoms with Gasteiger partial charge in [0.25, 0.3) is 11.8 Å². The Kier molecular flexibility index (Phi) is 5.12. The highest BCUT2D eigenvalue weighted by molar-refractivity contribution is 5.97. The van der Waals surface area contributed by atoms with E-state index in [9.17, 15) is 9.59 Å². The Hall–Kier alpha value is -1.88. The Morgan fingerprint density at radius 3 is 2.70 bits per heavy atom. The molecule has 3 N–H and O–H groups in total. The van der Waals surface area contributed by atoms with Crippen molar-refractivity contribution in [1.82, 2.24) is 5.32 Å². The molecule has 1 aliphatic heterocycles. The summed E-state index contributed by atoms with van der Waals surface area (Å²) in [7, 11) is 0. The molecule has 0 saturated carbocycles. The lowest BCUT2D eigenvalue weighted by atomic mass is 10.2. The first-order valence-corrected chi connectivity index (χ1v) is 7.20. The Labute approximate surface area is 119 Å². The van der Waals surface area contributed by atoms with E-state index in [2.05, 4.69) is 10.6 Å². The molecule has 0 aromatic heterocycles. The molecule has 0 aliphatic carbocycles. The molecule has 5 nitrogen and oxygen atoms in total. The maximum Gasteiger partial charge on any atom is 0.279 e. The van der Waals surface area contributed by atoms with E-state index in [1.165, 1.54) is 17.7 Å². The molecule has 1 heterocycles. The second-order valence-electron chi connectivity index (χ2n) is 5.12. The van der Waals surface area contributed by atoms with Gasteiger partial charge in [-0.15, -0.1) is 0 Å². The molecule has 0 bridgehead atoms. The van der Waals surface area contributed by atoms with Crippen LogP contribution in [0.1, 0.15) is 30.1 Å². The van der Waals surface area contributed by atoms with Crippen LogP contribution in [0.15, 0.2) is 24.3 Å². The Balaban J connectivity index is 1.93. The largest absolute Gasteiger partial charge is 0.352 e. The molecule has 108 valence electrons. The van der Waals surface area contributed by atoms with Crippen molar-refractivity contribution < 1.29 is 14.5 Å². The molecule has 1 aromatic rings. The number of carbonyl (C=O) groups excluding carboxylic acids is 2. The fourth-order valence-electron chi connectivity index (χ4n) is 2.48. The Bertz CT molecular complexity index is 482. The molecule has 0 radical (unpaired) electrons. The van der Waals surface area contributed by atoms with E-state index in [1.807, 2.05) is 6.92 Å². The smallest absolute Gasteiger partial charge is 0.279 e. The minimum atomic E-state index is -0.117. The molecule has 1 aromatic carbocycles. The van der Waals surface area contributed by atoms with Gasteiger partial charge in [0.05, 0.1) is 13.1 Å². The molecule has 0 atom stereocenters. The van der Waals surface area contributed by atoms with Crippen LogP contribution >= 0.6 is 0 Å². The lowest BCUT2D eigenvalue weighted by Crippen LogP contribution is -3.11. The molecule has 5 heteroatoms.